The van der Waals surface area contributed by atoms with Crippen molar-refractivity contribution in [2.24, 2.45) is 0 Å². The average molecular weight is 313 g/mol. The van der Waals surface area contributed by atoms with Gasteiger partial charge in [0.05, 0.1) is 0 Å². The predicted octanol–water partition coefficient (Wildman–Crippen LogP) is 2.65. The molecule has 0 aliphatic rings. The standard InChI is InChI=1S/C14H19NO3S2/c1-9-4-5-10(20-3)8-11(9)13(16)15-12(14(17)18)6-7-19-2/h4-5,8,12H,6-7H2,1-3H3,(H,15,16)(H,17,18)/t12-/m1/s1. The van der Waals surface area contributed by atoms with Crippen molar-refractivity contribution >= 4 is 35.4 Å². The Balaban J connectivity index is 2.85. The fraction of sp³-hybridized carbons (Fsp3) is 0.429. The highest BCUT2D eigenvalue weighted by molar-refractivity contribution is 7.98. The first-order valence-corrected chi connectivity index (χ1v) is 8.78. The summed E-state index contributed by atoms with van der Waals surface area (Å²) in [6, 6.07) is 4.77. The van der Waals surface area contributed by atoms with Gasteiger partial charge in [0, 0.05) is 10.5 Å². The number of benzene rings is 1. The van der Waals surface area contributed by atoms with E-state index in [9.17, 15) is 9.59 Å². The minimum absolute atomic E-state index is 0.327. The van der Waals surface area contributed by atoms with Gasteiger partial charge in [-0.25, -0.2) is 4.79 Å². The van der Waals surface area contributed by atoms with Gasteiger partial charge in [-0.3, -0.25) is 4.79 Å². The molecule has 0 saturated carbocycles. The van der Waals surface area contributed by atoms with Crippen LogP contribution in [-0.4, -0.2) is 41.3 Å². The van der Waals surface area contributed by atoms with Crippen LogP contribution in [0.2, 0.25) is 0 Å². The van der Waals surface area contributed by atoms with E-state index in [1.807, 2.05) is 31.6 Å². The van der Waals surface area contributed by atoms with Crippen LogP contribution in [0.15, 0.2) is 23.1 Å². The van der Waals surface area contributed by atoms with Crippen molar-refractivity contribution in [3.05, 3.63) is 29.3 Å². The molecule has 0 aromatic heterocycles. The Morgan fingerprint density at radius 3 is 2.60 bits per heavy atom. The number of thioether (sulfide) groups is 2. The molecule has 0 bridgehead atoms. The van der Waals surface area contributed by atoms with Crippen molar-refractivity contribution in [3.8, 4) is 0 Å². The molecule has 2 N–H and O–H groups in total. The van der Waals surface area contributed by atoms with E-state index in [1.54, 1.807) is 29.6 Å². The lowest BCUT2D eigenvalue weighted by Crippen LogP contribution is -2.41. The van der Waals surface area contributed by atoms with Gasteiger partial charge in [-0.15, -0.1) is 11.8 Å². The second-order valence-corrected chi connectivity index (χ2v) is 6.19. The maximum atomic E-state index is 12.2. The first kappa shape index (κ1) is 16.9. The number of carboxylic acid groups (broad SMARTS) is 1. The topological polar surface area (TPSA) is 66.4 Å². The van der Waals surface area contributed by atoms with E-state index in [0.29, 0.717) is 17.7 Å². The molecule has 4 nitrogen and oxygen atoms in total. The van der Waals surface area contributed by atoms with E-state index >= 15 is 0 Å². The number of aliphatic carboxylic acids is 1. The third-order valence-electron chi connectivity index (χ3n) is 2.90. The number of carbonyl (C=O) groups excluding carboxylic acids is 1. The third kappa shape index (κ3) is 4.76. The number of carboxylic acids is 1. The Bertz CT molecular complexity index is 491. The van der Waals surface area contributed by atoms with Gasteiger partial charge in [0.2, 0.25) is 0 Å². The Labute approximate surface area is 127 Å². The molecule has 110 valence electrons. The average Bonchev–Trinajstić information content (AvgIpc) is 2.43. The van der Waals surface area contributed by atoms with E-state index < -0.39 is 12.0 Å². The first-order chi connectivity index (χ1) is 9.49. The van der Waals surface area contributed by atoms with Crippen LogP contribution in [0.25, 0.3) is 0 Å². The Kier molecular flexibility index (Phi) is 6.95. The monoisotopic (exact) mass is 313 g/mol. The fourth-order valence-electron chi connectivity index (χ4n) is 1.70. The molecule has 6 heteroatoms. The number of hydrogen-bond acceptors (Lipinski definition) is 4. The maximum absolute atomic E-state index is 12.2. The third-order valence-corrected chi connectivity index (χ3v) is 4.27. The molecule has 1 atom stereocenters. The van der Waals surface area contributed by atoms with Gasteiger partial charge in [0.1, 0.15) is 6.04 Å². The lowest BCUT2D eigenvalue weighted by atomic mass is 10.1. The molecule has 0 radical (unpaired) electrons. The number of hydrogen-bond donors (Lipinski definition) is 2. The second kappa shape index (κ2) is 8.21. The molecule has 0 spiro atoms. The van der Waals surface area contributed by atoms with Gasteiger partial charge >= 0.3 is 5.97 Å². The fourth-order valence-corrected chi connectivity index (χ4v) is 2.61. The van der Waals surface area contributed by atoms with Crippen LogP contribution in [0, 0.1) is 6.92 Å². The summed E-state index contributed by atoms with van der Waals surface area (Å²) in [5.41, 5.74) is 1.38. The van der Waals surface area contributed by atoms with Gasteiger partial charge in [-0.05, 0) is 49.3 Å². The molecule has 0 unspecified atom stereocenters. The van der Waals surface area contributed by atoms with Crippen LogP contribution in [0.4, 0.5) is 0 Å². The SMILES string of the molecule is CSCC[C@@H](NC(=O)c1cc(SC)ccc1C)C(=O)O. The van der Waals surface area contributed by atoms with E-state index in [0.717, 1.165) is 10.5 Å². The van der Waals surface area contributed by atoms with E-state index in [-0.39, 0.29) is 5.91 Å². The van der Waals surface area contributed by atoms with Crippen molar-refractivity contribution in [2.75, 3.05) is 18.3 Å². The smallest absolute Gasteiger partial charge is 0.326 e. The molecule has 0 aliphatic heterocycles. The highest BCUT2D eigenvalue weighted by Crippen LogP contribution is 2.19. The Morgan fingerprint density at radius 2 is 2.05 bits per heavy atom. The summed E-state index contributed by atoms with van der Waals surface area (Å²) in [6.45, 7) is 1.84. The molecule has 1 rings (SSSR count). The minimum Gasteiger partial charge on any atom is -0.480 e. The lowest BCUT2D eigenvalue weighted by Gasteiger charge is -2.15. The summed E-state index contributed by atoms with van der Waals surface area (Å²) in [6.07, 6.45) is 4.27. The summed E-state index contributed by atoms with van der Waals surface area (Å²) in [5, 5.41) is 11.7. The van der Waals surface area contributed by atoms with Gasteiger partial charge < -0.3 is 10.4 Å². The summed E-state index contributed by atoms with van der Waals surface area (Å²) < 4.78 is 0. The van der Waals surface area contributed by atoms with Crippen molar-refractivity contribution in [3.63, 3.8) is 0 Å². The Morgan fingerprint density at radius 1 is 1.35 bits per heavy atom. The number of rotatable bonds is 7. The van der Waals surface area contributed by atoms with Gasteiger partial charge in [-0.1, -0.05) is 6.07 Å². The molecule has 1 aromatic carbocycles. The summed E-state index contributed by atoms with van der Waals surface area (Å²) in [4.78, 5) is 24.4. The van der Waals surface area contributed by atoms with Gasteiger partial charge in [-0.2, -0.15) is 11.8 Å². The quantitative estimate of drug-likeness (QED) is 0.758. The first-order valence-electron chi connectivity index (χ1n) is 6.16. The van der Waals surface area contributed by atoms with Crippen LogP contribution in [-0.2, 0) is 4.79 Å². The number of carbonyl (C=O) groups is 2. The molecule has 0 fully saturated rings. The lowest BCUT2D eigenvalue weighted by molar-refractivity contribution is -0.139. The second-order valence-electron chi connectivity index (χ2n) is 4.33. The van der Waals surface area contributed by atoms with E-state index in [2.05, 4.69) is 5.32 Å². The Hall–Kier alpha value is -1.14. The zero-order valence-corrected chi connectivity index (χ0v) is 13.4. The molecular weight excluding hydrogens is 294 g/mol. The highest BCUT2D eigenvalue weighted by atomic mass is 32.2. The normalized spacial score (nSPS) is 11.9. The van der Waals surface area contributed by atoms with Crippen LogP contribution in [0.5, 0.6) is 0 Å². The van der Waals surface area contributed by atoms with Crippen LogP contribution < -0.4 is 5.32 Å². The molecule has 0 heterocycles. The minimum atomic E-state index is -0.994. The summed E-state index contributed by atoms with van der Waals surface area (Å²) in [5.74, 6) is -0.626. The van der Waals surface area contributed by atoms with E-state index in [1.165, 1.54) is 0 Å². The largest absolute Gasteiger partial charge is 0.480 e. The number of nitrogens with one attached hydrogen (secondary N) is 1. The molecule has 1 amide bonds. The van der Waals surface area contributed by atoms with Crippen LogP contribution in [0.1, 0.15) is 22.3 Å². The summed E-state index contributed by atoms with van der Waals surface area (Å²) in [7, 11) is 0. The molecular formula is C14H19NO3S2. The van der Waals surface area contributed by atoms with Crippen molar-refractivity contribution in [1.82, 2.24) is 5.32 Å². The van der Waals surface area contributed by atoms with Crippen LogP contribution >= 0.6 is 23.5 Å². The zero-order chi connectivity index (χ0) is 15.1. The van der Waals surface area contributed by atoms with Crippen molar-refractivity contribution in [2.45, 2.75) is 24.3 Å². The van der Waals surface area contributed by atoms with Gasteiger partial charge in [0.15, 0.2) is 0 Å². The molecule has 0 saturated heterocycles. The zero-order valence-electron chi connectivity index (χ0n) is 11.8. The molecule has 1 aromatic rings. The number of aryl methyl sites for hydroxylation is 1. The number of amides is 1. The predicted molar refractivity (Wildman–Crippen MR) is 84.8 cm³/mol. The highest BCUT2D eigenvalue weighted by Gasteiger charge is 2.21. The van der Waals surface area contributed by atoms with Crippen LogP contribution in [0.3, 0.4) is 0 Å². The summed E-state index contributed by atoms with van der Waals surface area (Å²) >= 11 is 3.11. The van der Waals surface area contributed by atoms with E-state index in [4.69, 9.17) is 5.11 Å². The molecule has 20 heavy (non-hydrogen) atoms. The maximum Gasteiger partial charge on any atom is 0.326 e. The molecule has 0 aliphatic carbocycles. The van der Waals surface area contributed by atoms with Gasteiger partial charge in [0.25, 0.3) is 5.91 Å². The van der Waals surface area contributed by atoms with Crippen molar-refractivity contribution < 1.29 is 14.7 Å². The van der Waals surface area contributed by atoms with Crippen molar-refractivity contribution in [1.29, 1.82) is 0 Å².